The molecular weight excluding hydrogens is 208 g/mol. The molecule has 0 saturated carbocycles. The molecular formula is C12H14O4. The SMILES string of the molecule is CCCOC(=O)c1ccc(OC(C)=O)cc1. The quantitative estimate of drug-likeness (QED) is 0.578. The molecule has 0 aliphatic carbocycles. The van der Waals surface area contributed by atoms with Crippen molar-refractivity contribution in [3.05, 3.63) is 29.8 Å². The average Bonchev–Trinajstić information content (AvgIpc) is 2.26. The van der Waals surface area contributed by atoms with E-state index in [4.69, 9.17) is 9.47 Å². The van der Waals surface area contributed by atoms with Gasteiger partial charge in [-0.2, -0.15) is 0 Å². The third-order valence-corrected chi connectivity index (χ3v) is 1.79. The third kappa shape index (κ3) is 3.73. The highest BCUT2D eigenvalue weighted by Crippen LogP contribution is 2.13. The van der Waals surface area contributed by atoms with E-state index in [1.165, 1.54) is 6.92 Å². The Bertz CT molecular complexity index is 367. The first kappa shape index (κ1) is 12.2. The summed E-state index contributed by atoms with van der Waals surface area (Å²) in [5, 5.41) is 0. The van der Waals surface area contributed by atoms with E-state index in [9.17, 15) is 9.59 Å². The van der Waals surface area contributed by atoms with Crippen LogP contribution in [0.1, 0.15) is 30.6 Å². The zero-order valence-electron chi connectivity index (χ0n) is 9.36. The fourth-order valence-corrected chi connectivity index (χ4v) is 1.10. The Balaban J connectivity index is 2.63. The molecule has 1 aromatic rings. The number of carbonyl (C=O) groups excluding carboxylic acids is 2. The van der Waals surface area contributed by atoms with Crippen LogP contribution in [0.4, 0.5) is 0 Å². The lowest BCUT2D eigenvalue weighted by Gasteiger charge is -2.04. The lowest BCUT2D eigenvalue weighted by atomic mass is 10.2. The summed E-state index contributed by atoms with van der Waals surface area (Å²) in [6.07, 6.45) is 0.789. The Labute approximate surface area is 94.2 Å². The summed E-state index contributed by atoms with van der Waals surface area (Å²) >= 11 is 0. The number of ether oxygens (including phenoxy) is 2. The van der Waals surface area contributed by atoms with Crippen molar-refractivity contribution < 1.29 is 19.1 Å². The molecule has 1 aromatic carbocycles. The minimum absolute atomic E-state index is 0.365. The summed E-state index contributed by atoms with van der Waals surface area (Å²) in [5.74, 6) is -0.336. The molecule has 0 radical (unpaired) electrons. The second-order valence-electron chi connectivity index (χ2n) is 3.25. The highest BCUT2D eigenvalue weighted by atomic mass is 16.5. The monoisotopic (exact) mass is 222 g/mol. The molecule has 0 aromatic heterocycles. The molecule has 0 spiro atoms. The minimum atomic E-state index is -0.388. The van der Waals surface area contributed by atoms with Gasteiger partial charge in [-0.15, -0.1) is 0 Å². The first-order chi connectivity index (χ1) is 7.63. The van der Waals surface area contributed by atoms with E-state index in [1.54, 1.807) is 24.3 Å². The van der Waals surface area contributed by atoms with Crippen LogP contribution in [0.25, 0.3) is 0 Å². The fourth-order valence-electron chi connectivity index (χ4n) is 1.10. The average molecular weight is 222 g/mol. The van der Waals surface area contributed by atoms with Crippen molar-refractivity contribution in [3.8, 4) is 5.75 Å². The Morgan fingerprint density at radius 1 is 1.19 bits per heavy atom. The van der Waals surface area contributed by atoms with Gasteiger partial charge in [0.2, 0.25) is 0 Å². The van der Waals surface area contributed by atoms with Gasteiger partial charge >= 0.3 is 11.9 Å². The zero-order valence-corrected chi connectivity index (χ0v) is 9.36. The number of benzene rings is 1. The molecule has 0 bridgehead atoms. The Kier molecular flexibility index (Phi) is 4.51. The maximum absolute atomic E-state index is 11.4. The van der Waals surface area contributed by atoms with Crippen LogP contribution in [0.2, 0.25) is 0 Å². The van der Waals surface area contributed by atoms with Crippen molar-refractivity contribution in [2.24, 2.45) is 0 Å². The van der Waals surface area contributed by atoms with E-state index in [1.807, 2.05) is 6.92 Å². The van der Waals surface area contributed by atoms with Crippen molar-refractivity contribution in [3.63, 3.8) is 0 Å². The molecule has 0 fully saturated rings. The summed E-state index contributed by atoms with van der Waals surface area (Å²) in [6, 6.07) is 6.25. The number of hydrogen-bond donors (Lipinski definition) is 0. The van der Waals surface area contributed by atoms with E-state index in [0.717, 1.165) is 6.42 Å². The molecule has 0 N–H and O–H groups in total. The molecule has 4 nitrogen and oxygen atoms in total. The molecule has 0 heterocycles. The van der Waals surface area contributed by atoms with Crippen LogP contribution in [0, 0.1) is 0 Å². The van der Waals surface area contributed by atoms with Crippen molar-refractivity contribution >= 4 is 11.9 Å². The van der Waals surface area contributed by atoms with Crippen LogP contribution in [-0.4, -0.2) is 18.5 Å². The summed E-state index contributed by atoms with van der Waals surface area (Å²) in [7, 11) is 0. The molecule has 0 aliphatic heterocycles. The van der Waals surface area contributed by atoms with Gasteiger partial charge in [-0.3, -0.25) is 4.79 Å². The van der Waals surface area contributed by atoms with E-state index >= 15 is 0 Å². The van der Waals surface area contributed by atoms with Crippen LogP contribution in [0.5, 0.6) is 5.75 Å². The molecule has 0 aliphatic rings. The third-order valence-electron chi connectivity index (χ3n) is 1.79. The van der Waals surface area contributed by atoms with Crippen molar-refractivity contribution in [2.75, 3.05) is 6.61 Å². The predicted octanol–water partition coefficient (Wildman–Crippen LogP) is 2.18. The largest absolute Gasteiger partial charge is 0.462 e. The van der Waals surface area contributed by atoms with Crippen LogP contribution in [-0.2, 0) is 9.53 Å². The minimum Gasteiger partial charge on any atom is -0.462 e. The lowest BCUT2D eigenvalue weighted by molar-refractivity contribution is -0.131. The summed E-state index contributed by atoms with van der Waals surface area (Å²) in [6.45, 7) is 3.66. The highest BCUT2D eigenvalue weighted by molar-refractivity contribution is 5.89. The second kappa shape index (κ2) is 5.90. The van der Waals surface area contributed by atoms with Crippen LogP contribution in [0.3, 0.4) is 0 Å². The van der Waals surface area contributed by atoms with E-state index in [-0.39, 0.29) is 11.9 Å². The van der Waals surface area contributed by atoms with Gasteiger partial charge in [-0.1, -0.05) is 6.92 Å². The van der Waals surface area contributed by atoms with E-state index < -0.39 is 0 Å². The Hall–Kier alpha value is -1.84. The van der Waals surface area contributed by atoms with Gasteiger partial charge < -0.3 is 9.47 Å². The molecule has 16 heavy (non-hydrogen) atoms. The van der Waals surface area contributed by atoms with Gasteiger partial charge in [-0.25, -0.2) is 4.79 Å². The van der Waals surface area contributed by atoms with Gasteiger partial charge in [0, 0.05) is 6.92 Å². The van der Waals surface area contributed by atoms with Crippen LogP contribution < -0.4 is 4.74 Å². The molecule has 86 valence electrons. The first-order valence-electron chi connectivity index (χ1n) is 5.09. The highest BCUT2D eigenvalue weighted by Gasteiger charge is 2.06. The molecule has 0 atom stereocenters. The molecule has 4 heteroatoms. The molecule has 0 amide bonds. The van der Waals surface area contributed by atoms with Crippen molar-refractivity contribution in [2.45, 2.75) is 20.3 Å². The van der Waals surface area contributed by atoms with Crippen molar-refractivity contribution in [1.29, 1.82) is 0 Å². The number of rotatable bonds is 4. The first-order valence-corrected chi connectivity index (χ1v) is 5.09. The summed E-state index contributed by atoms with van der Waals surface area (Å²) < 4.78 is 9.79. The topological polar surface area (TPSA) is 52.6 Å². The van der Waals surface area contributed by atoms with Gasteiger partial charge in [-0.05, 0) is 30.7 Å². The maximum Gasteiger partial charge on any atom is 0.338 e. The van der Waals surface area contributed by atoms with Crippen molar-refractivity contribution in [1.82, 2.24) is 0 Å². The van der Waals surface area contributed by atoms with Gasteiger partial charge in [0.1, 0.15) is 5.75 Å². The Morgan fingerprint density at radius 2 is 1.81 bits per heavy atom. The summed E-state index contributed by atoms with van der Waals surface area (Å²) in [5.41, 5.74) is 0.448. The van der Waals surface area contributed by atoms with Crippen LogP contribution in [0.15, 0.2) is 24.3 Å². The Morgan fingerprint density at radius 3 is 2.31 bits per heavy atom. The van der Waals surface area contributed by atoms with Gasteiger partial charge in [0.05, 0.1) is 12.2 Å². The maximum atomic E-state index is 11.4. The molecule has 0 unspecified atom stereocenters. The predicted molar refractivity (Wildman–Crippen MR) is 58.3 cm³/mol. The number of esters is 2. The fraction of sp³-hybridized carbons (Fsp3) is 0.333. The number of hydrogen-bond acceptors (Lipinski definition) is 4. The zero-order chi connectivity index (χ0) is 12.0. The smallest absolute Gasteiger partial charge is 0.338 e. The molecule has 0 saturated heterocycles. The van der Waals surface area contributed by atoms with E-state index in [0.29, 0.717) is 17.9 Å². The second-order valence-corrected chi connectivity index (χ2v) is 3.25. The van der Waals surface area contributed by atoms with Crippen LogP contribution >= 0.6 is 0 Å². The summed E-state index contributed by atoms with van der Waals surface area (Å²) in [4.78, 5) is 22.1. The van der Waals surface area contributed by atoms with Gasteiger partial charge in [0.15, 0.2) is 0 Å². The number of carbonyl (C=O) groups is 2. The lowest BCUT2D eigenvalue weighted by Crippen LogP contribution is -2.06. The van der Waals surface area contributed by atoms with Gasteiger partial charge in [0.25, 0.3) is 0 Å². The normalized spacial score (nSPS) is 9.62. The standard InChI is InChI=1S/C12H14O4/c1-3-8-15-12(14)10-4-6-11(7-5-10)16-9(2)13/h4-7H,3,8H2,1-2H3. The molecule has 1 rings (SSSR count). The van der Waals surface area contributed by atoms with E-state index in [2.05, 4.69) is 0 Å².